The largest absolute Gasteiger partial charge is 0.470 e. The molecule has 1 aliphatic rings. The lowest BCUT2D eigenvalue weighted by molar-refractivity contribution is -0.114. The first kappa shape index (κ1) is 18.8. The Hall–Kier alpha value is -1.99. The number of ether oxygens (including phenoxy) is 1. The number of fused-ring (bicyclic) bond motifs is 1. The van der Waals surface area contributed by atoms with E-state index in [1.165, 1.54) is 24.1 Å². The van der Waals surface area contributed by atoms with Gasteiger partial charge in [0.05, 0.1) is 12.9 Å². The Morgan fingerprint density at radius 1 is 1.42 bits per heavy atom. The highest BCUT2D eigenvalue weighted by Crippen LogP contribution is 2.44. The van der Waals surface area contributed by atoms with Crippen LogP contribution in [0.4, 0.5) is 5.82 Å². The van der Waals surface area contributed by atoms with E-state index in [2.05, 4.69) is 24.8 Å². The van der Waals surface area contributed by atoms with E-state index in [1.54, 1.807) is 0 Å². The van der Waals surface area contributed by atoms with Crippen LogP contribution < -0.4 is 5.32 Å². The summed E-state index contributed by atoms with van der Waals surface area (Å²) < 4.78 is 22.4. The van der Waals surface area contributed by atoms with Gasteiger partial charge in [0.1, 0.15) is 24.6 Å². The normalized spacial score (nSPS) is 26.3. The summed E-state index contributed by atoms with van der Waals surface area (Å²) in [5, 5.41) is 22.2. The molecule has 3 rings (SSSR count). The molecule has 1 amide bonds. The van der Waals surface area contributed by atoms with Crippen molar-refractivity contribution in [3.63, 3.8) is 0 Å². The highest BCUT2D eigenvalue weighted by molar-refractivity contribution is 7.46. The molecule has 13 nitrogen and oxygen atoms in total. The van der Waals surface area contributed by atoms with Gasteiger partial charge in [0.25, 0.3) is 0 Å². The Kier molecular flexibility index (Phi) is 5.03. The van der Waals surface area contributed by atoms with Crippen molar-refractivity contribution in [2.24, 2.45) is 0 Å². The van der Waals surface area contributed by atoms with Crippen molar-refractivity contribution >= 4 is 30.7 Å². The number of anilines is 1. The highest BCUT2D eigenvalue weighted by atomic mass is 31.2. The monoisotopic (exact) mass is 389 g/mol. The number of carbonyl (C=O) groups is 1. The van der Waals surface area contributed by atoms with Crippen LogP contribution in [0.2, 0.25) is 0 Å². The molecule has 3 heterocycles. The highest BCUT2D eigenvalue weighted by Gasteiger charge is 2.48. The molecule has 0 unspecified atom stereocenters. The number of phosphoric ester groups is 1. The fraction of sp³-hybridized carbons (Fsp3) is 0.500. The van der Waals surface area contributed by atoms with E-state index in [0.29, 0.717) is 0 Å². The first-order chi connectivity index (χ1) is 12.2. The number of imidazole rings is 1. The van der Waals surface area contributed by atoms with E-state index in [0.717, 1.165) is 0 Å². The van der Waals surface area contributed by atoms with Gasteiger partial charge in [0.15, 0.2) is 23.2 Å². The van der Waals surface area contributed by atoms with Crippen molar-refractivity contribution in [3.8, 4) is 0 Å². The average molecular weight is 389 g/mol. The minimum Gasteiger partial charge on any atom is -0.394 e. The van der Waals surface area contributed by atoms with E-state index in [1.807, 2.05) is 0 Å². The predicted molar refractivity (Wildman–Crippen MR) is 83.5 cm³/mol. The number of aromatic nitrogens is 4. The molecule has 4 atom stereocenters. The van der Waals surface area contributed by atoms with Crippen molar-refractivity contribution in [2.45, 2.75) is 31.5 Å². The second-order valence-electron chi connectivity index (χ2n) is 5.53. The molecule has 1 saturated heterocycles. The van der Waals surface area contributed by atoms with E-state index >= 15 is 0 Å². The second kappa shape index (κ2) is 6.96. The molecule has 2 aromatic heterocycles. The minimum atomic E-state index is -4.93. The van der Waals surface area contributed by atoms with Gasteiger partial charge in [-0.1, -0.05) is 0 Å². The van der Waals surface area contributed by atoms with Crippen molar-refractivity contribution < 1.29 is 38.6 Å². The second-order valence-corrected chi connectivity index (χ2v) is 6.72. The van der Waals surface area contributed by atoms with Gasteiger partial charge in [-0.05, 0) is 0 Å². The number of carbonyl (C=O) groups excluding carboxylic acids is 1. The molecule has 0 spiro atoms. The average Bonchev–Trinajstić information content (AvgIpc) is 3.09. The third-order valence-electron chi connectivity index (χ3n) is 3.68. The van der Waals surface area contributed by atoms with Crippen LogP contribution in [0.25, 0.3) is 11.2 Å². The molecule has 0 aromatic carbocycles. The number of amides is 1. The van der Waals surface area contributed by atoms with Crippen LogP contribution >= 0.6 is 7.82 Å². The van der Waals surface area contributed by atoms with Crippen LogP contribution in [0.15, 0.2) is 12.7 Å². The standard InChI is InChI=1S/C12H16N5O8P/c1-5(19)16-10-7-11(14-3-13-10)17(4-15-7)12-8(20)9(6(2-18)24-12)25-26(21,22)23/h3-4,6,8-9,12,18,20H,2H2,1H3,(H2,21,22,23)(H,13,14,16,19)/t6-,8-,9-,12-/m1/s1. The van der Waals surface area contributed by atoms with Crippen LogP contribution in [0, 0.1) is 0 Å². The fourth-order valence-corrected chi connectivity index (χ4v) is 3.26. The van der Waals surface area contributed by atoms with Gasteiger partial charge in [0.2, 0.25) is 5.91 Å². The van der Waals surface area contributed by atoms with Gasteiger partial charge in [0, 0.05) is 6.92 Å². The molecule has 0 radical (unpaired) electrons. The summed E-state index contributed by atoms with van der Waals surface area (Å²) in [6, 6.07) is 0. The van der Waals surface area contributed by atoms with Gasteiger partial charge in [-0.3, -0.25) is 13.9 Å². The lowest BCUT2D eigenvalue weighted by atomic mass is 10.1. The Balaban J connectivity index is 1.96. The minimum absolute atomic E-state index is 0.149. The van der Waals surface area contributed by atoms with Gasteiger partial charge in [-0.2, -0.15) is 0 Å². The maximum Gasteiger partial charge on any atom is 0.470 e. The molecule has 0 bridgehead atoms. The van der Waals surface area contributed by atoms with E-state index in [9.17, 15) is 19.6 Å². The van der Waals surface area contributed by atoms with Crippen LogP contribution in [0.3, 0.4) is 0 Å². The molecule has 2 aromatic rings. The van der Waals surface area contributed by atoms with Crippen LogP contribution in [-0.2, 0) is 18.6 Å². The Morgan fingerprint density at radius 2 is 2.15 bits per heavy atom. The van der Waals surface area contributed by atoms with Crippen LogP contribution in [0.5, 0.6) is 0 Å². The summed E-state index contributed by atoms with van der Waals surface area (Å²) in [6.45, 7) is 0.654. The van der Waals surface area contributed by atoms with Crippen molar-refractivity contribution in [1.29, 1.82) is 0 Å². The quantitative estimate of drug-likeness (QED) is 0.375. The molecule has 1 fully saturated rings. The van der Waals surface area contributed by atoms with E-state index < -0.39 is 39.0 Å². The lowest BCUT2D eigenvalue weighted by Crippen LogP contribution is -2.35. The van der Waals surface area contributed by atoms with Crippen LogP contribution in [-0.4, -0.2) is 70.3 Å². The summed E-state index contributed by atoms with van der Waals surface area (Å²) in [5.41, 5.74) is 0.416. The molecular formula is C12H16N5O8P. The number of phosphoric acid groups is 1. The Morgan fingerprint density at radius 3 is 2.77 bits per heavy atom. The Labute approximate surface area is 145 Å². The number of nitrogens with one attached hydrogen (secondary N) is 1. The SMILES string of the molecule is CC(=O)Nc1ncnc2c1ncn2[C@@H]1O[C@H](CO)[C@@H](OP(=O)(O)O)[C@H]1O. The fourth-order valence-electron chi connectivity index (χ4n) is 2.68. The molecule has 26 heavy (non-hydrogen) atoms. The zero-order chi connectivity index (χ0) is 19.1. The zero-order valence-corrected chi connectivity index (χ0v) is 14.2. The molecule has 5 N–H and O–H groups in total. The van der Waals surface area contributed by atoms with E-state index in [4.69, 9.17) is 14.5 Å². The van der Waals surface area contributed by atoms with Gasteiger partial charge >= 0.3 is 7.82 Å². The van der Waals surface area contributed by atoms with Gasteiger partial charge < -0.3 is 30.1 Å². The molecule has 142 valence electrons. The van der Waals surface area contributed by atoms with Crippen LogP contribution in [0.1, 0.15) is 13.2 Å². The maximum atomic E-state index is 11.2. The maximum absolute atomic E-state index is 11.2. The van der Waals surface area contributed by atoms with Gasteiger partial charge in [-0.25, -0.2) is 19.5 Å². The number of rotatable bonds is 5. The summed E-state index contributed by atoms with van der Waals surface area (Å²) >= 11 is 0. The molecule has 1 aliphatic heterocycles. The summed E-state index contributed by atoms with van der Waals surface area (Å²) in [5.74, 6) is -0.220. The number of hydrogen-bond acceptors (Lipinski definition) is 9. The topological polar surface area (TPSA) is 189 Å². The molecular weight excluding hydrogens is 373 g/mol. The molecule has 14 heteroatoms. The predicted octanol–water partition coefficient (Wildman–Crippen LogP) is -1.49. The zero-order valence-electron chi connectivity index (χ0n) is 13.3. The van der Waals surface area contributed by atoms with E-state index in [-0.39, 0.29) is 22.9 Å². The number of aliphatic hydroxyl groups excluding tert-OH is 2. The third-order valence-corrected chi connectivity index (χ3v) is 4.19. The molecule has 0 aliphatic carbocycles. The van der Waals surface area contributed by atoms with Crippen molar-refractivity contribution in [3.05, 3.63) is 12.7 Å². The Bertz CT molecular complexity index is 868. The number of nitrogens with zero attached hydrogens (tertiary/aromatic N) is 4. The third kappa shape index (κ3) is 3.59. The van der Waals surface area contributed by atoms with Gasteiger partial charge in [-0.15, -0.1) is 0 Å². The summed E-state index contributed by atoms with van der Waals surface area (Å²) in [4.78, 5) is 41.2. The van der Waals surface area contributed by atoms with Crippen molar-refractivity contribution in [2.75, 3.05) is 11.9 Å². The van der Waals surface area contributed by atoms with Crippen molar-refractivity contribution in [1.82, 2.24) is 19.5 Å². The summed E-state index contributed by atoms with van der Waals surface area (Å²) in [6.07, 6.45) is -2.95. The first-order valence-electron chi connectivity index (χ1n) is 7.34. The lowest BCUT2D eigenvalue weighted by Gasteiger charge is -2.20. The first-order valence-corrected chi connectivity index (χ1v) is 8.87. The smallest absolute Gasteiger partial charge is 0.394 e. The summed E-state index contributed by atoms with van der Waals surface area (Å²) in [7, 11) is -4.93. The number of aliphatic hydroxyl groups is 2. The molecule has 0 saturated carbocycles. The number of hydrogen-bond donors (Lipinski definition) is 5.